The lowest BCUT2D eigenvalue weighted by molar-refractivity contribution is -0.170. The zero-order chi connectivity index (χ0) is 35.8. The maximum atomic E-state index is 12.2. The van der Waals surface area contributed by atoms with Crippen LogP contribution in [0.4, 0.5) is 11.4 Å². The molecule has 0 bridgehead atoms. The van der Waals surface area contributed by atoms with Gasteiger partial charge in [0.15, 0.2) is 0 Å². The van der Waals surface area contributed by atoms with E-state index in [9.17, 15) is 19.8 Å². The van der Waals surface area contributed by atoms with Gasteiger partial charge in [0.05, 0.1) is 73.2 Å². The lowest BCUT2D eigenvalue weighted by Crippen LogP contribution is -2.43. The van der Waals surface area contributed by atoms with Gasteiger partial charge in [0.25, 0.3) is 0 Å². The number of aromatic nitrogens is 2. The molecule has 0 spiro atoms. The molecule has 0 aliphatic carbocycles. The number of ether oxygens (including phenoxy) is 4. The van der Waals surface area contributed by atoms with Crippen LogP contribution in [0.2, 0.25) is 0 Å². The summed E-state index contributed by atoms with van der Waals surface area (Å²) in [6.07, 6.45) is 6.66. The van der Waals surface area contributed by atoms with Crippen molar-refractivity contribution in [2.45, 2.75) is 142 Å². The predicted octanol–water partition coefficient (Wildman–Crippen LogP) is 5.23. The van der Waals surface area contributed by atoms with Crippen LogP contribution in [0.5, 0.6) is 0 Å². The molecule has 2 aromatic heterocycles. The van der Waals surface area contributed by atoms with Crippen molar-refractivity contribution in [2.24, 2.45) is 11.8 Å². The number of nitrogens with zero attached hydrogens (tertiary/aromatic N) is 2. The highest BCUT2D eigenvalue weighted by atomic mass is 16.6. The van der Waals surface area contributed by atoms with Crippen LogP contribution >= 0.6 is 0 Å². The summed E-state index contributed by atoms with van der Waals surface area (Å²) in [6.45, 7) is 14.9. The summed E-state index contributed by atoms with van der Waals surface area (Å²) in [4.78, 5) is 32.3. The van der Waals surface area contributed by atoms with Crippen LogP contribution in [0.1, 0.15) is 117 Å². The SMILES string of the molecule is CC[C@@H]1O[C@H](c2ccncc2N)C[C@H](CC(=O)OC(C)(C)C)[C@H]1O.CC[C@H]1O[C@@H](c2ccncc2N)C[C@@H](CC(=O)OC(C)(C)C)[C@@H]1O. The number of hydrogen-bond acceptors (Lipinski definition) is 12. The van der Waals surface area contributed by atoms with Gasteiger partial charge in [0.2, 0.25) is 0 Å². The van der Waals surface area contributed by atoms with Crippen molar-refractivity contribution in [3.8, 4) is 0 Å². The Kier molecular flexibility index (Phi) is 13.7. The second kappa shape index (κ2) is 16.9. The first-order valence-electron chi connectivity index (χ1n) is 16.9. The molecule has 268 valence electrons. The Bertz CT molecular complexity index is 1240. The first kappa shape index (κ1) is 39.1. The Morgan fingerprint density at radius 1 is 0.750 bits per heavy atom. The van der Waals surface area contributed by atoms with Gasteiger partial charge >= 0.3 is 11.9 Å². The molecule has 2 saturated heterocycles. The first-order valence-corrected chi connectivity index (χ1v) is 16.9. The van der Waals surface area contributed by atoms with E-state index in [-0.39, 0.29) is 61.0 Å². The highest BCUT2D eigenvalue weighted by molar-refractivity contribution is 5.70. The molecule has 48 heavy (non-hydrogen) atoms. The van der Waals surface area contributed by atoms with Crippen molar-refractivity contribution in [3.05, 3.63) is 48.0 Å². The molecule has 12 heteroatoms. The number of carbonyl (C=O) groups is 2. The van der Waals surface area contributed by atoms with Gasteiger partial charge in [-0.25, -0.2) is 0 Å². The standard InChI is InChI=1S/2C18H28N2O4/c2*1-5-14-17(22)11(9-16(21)24-18(2,3)4)8-15(23-14)12-6-7-20-10-13(12)19/h2*6-7,10-11,14-15,17,22H,5,8-9,19H2,1-4H3/t2*11-,14+,15+,17-/m10/s1. The van der Waals surface area contributed by atoms with Crippen LogP contribution < -0.4 is 11.5 Å². The minimum atomic E-state index is -0.693. The lowest BCUT2D eigenvalue weighted by atomic mass is 9.83. The minimum absolute atomic E-state index is 0.166. The predicted molar refractivity (Wildman–Crippen MR) is 182 cm³/mol. The summed E-state index contributed by atoms with van der Waals surface area (Å²) in [6, 6.07) is 3.66. The van der Waals surface area contributed by atoms with E-state index in [1.54, 1.807) is 24.8 Å². The van der Waals surface area contributed by atoms with Gasteiger partial charge in [0, 0.05) is 35.4 Å². The number of rotatable bonds is 8. The molecular formula is C36H56N4O8. The largest absolute Gasteiger partial charge is 0.460 e. The lowest BCUT2D eigenvalue weighted by Gasteiger charge is -2.39. The summed E-state index contributed by atoms with van der Waals surface area (Å²) in [5.74, 6) is -1.05. The van der Waals surface area contributed by atoms with Crippen LogP contribution in [0.3, 0.4) is 0 Å². The number of nitrogen functional groups attached to an aromatic ring is 2. The number of anilines is 2. The second-order valence-electron chi connectivity index (χ2n) is 14.7. The molecule has 0 amide bonds. The number of aliphatic hydroxyl groups is 2. The summed E-state index contributed by atoms with van der Waals surface area (Å²) >= 11 is 0. The topological polar surface area (TPSA) is 189 Å². The summed E-state index contributed by atoms with van der Waals surface area (Å²) < 4.78 is 22.8. The van der Waals surface area contributed by atoms with Crippen LogP contribution in [-0.2, 0) is 28.5 Å². The smallest absolute Gasteiger partial charge is 0.306 e. The van der Waals surface area contributed by atoms with E-state index in [2.05, 4.69) is 9.97 Å². The van der Waals surface area contributed by atoms with Gasteiger partial charge in [-0.15, -0.1) is 0 Å². The highest BCUT2D eigenvalue weighted by Gasteiger charge is 2.41. The molecule has 4 rings (SSSR count). The number of pyridine rings is 2. The Morgan fingerprint density at radius 2 is 1.10 bits per heavy atom. The van der Waals surface area contributed by atoms with E-state index < -0.39 is 23.4 Å². The Labute approximate surface area is 284 Å². The monoisotopic (exact) mass is 672 g/mol. The van der Waals surface area contributed by atoms with Crippen LogP contribution in [0.15, 0.2) is 36.9 Å². The third-order valence-electron chi connectivity index (χ3n) is 8.41. The van der Waals surface area contributed by atoms with Crippen molar-refractivity contribution >= 4 is 23.3 Å². The van der Waals surface area contributed by atoms with Crippen molar-refractivity contribution < 1.29 is 38.7 Å². The fourth-order valence-corrected chi connectivity index (χ4v) is 6.23. The van der Waals surface area contributed by atoms with E-state index in [4.69, 9.17) is 30.4 Å². The maximum Gasteiger partial charge on any atom is 0.306 e. The fraction of sp³-hybridized carbons (Fsp3) is 0.667. The van der Waals surface area contributed by atoms with Crippen molar-refractivity contribution in [2.75, 3.05) is 11.5 Å². The third-order valence-corrected chi connectivity index (χ3v) is 8.41. The zero-order valence-electron chi connectivity index (χ0n) is 29.7. The van der Waals surface area contributed by atoms with Gasteiger partial charge < -0.3 is 40.6 Å². The van der Waals surface area contributed by atoms with E-state index in [0.29, 0.717) is 37.1 Å². The molecule has 12 nitrogen and oxygen atoms in total. The average molecular weight is 673 g/mol. The molecule has 6 N–H and O–H groups in total. The number of aliphatic hydroxyl groups excluding tert-OH is 2. The Balaban J connectivity index is 0.000000260. The third kappa shape index (κ3) is 11.4. The molecular weight excluding hydrogens is 616 g/mol. The fourth-order valence-electron chi connectivity index (χ4n) is 6.23. The second-order valence-corrected chi connectivity index (χ2v) is 14.7. The molecule has 2 aliphatic heterocycles. The molecule has 2 aromatic rings. The summed E-state index contributed by atoms with van der Waals surface area (Å²) in [7, 11) is 0. The Morgan fingerprint density at radius 3 is 1.40 bits per heavy atom. The minimum Gasteiger partial charge on any atom is -0.460 e. The number of carbonyl (C=O) groups excluding carboxylic acids is 2. The van der Waals surface area contributed by atoms with Gasteiger partial charge in [-0.05, 0) is 79.4 Å². The number of esters is 2. The van der Waals surface area contributed by atoms with Crippen molar-refractivity contribution in [1.82, 2.24) is 9.97 Å². The Hall–Kier alpha value is -3.32. The number of hydrogen-bond donors (Lipinski definition) is 4. The molecule has 2 aliphatic rings. The van der Waals surface area contributed by atoms with E-state index in [1.807, 2.05) is 67.5 Å². The van der Waals surface area contributed by atoms with Crippen LogP contribution in [0, 0.1) is 11.8 Å². The van der Waals surface area contributed by atoms with Gasteiger partial charge in [-0.3, -0.25) is 19.6 Å². The molecule has 0 aromatic carbocycles. The molecule has 0 saturated carbocycles. The summed E-state index contributed by atoms with van der Waals surface area (Å²) in [5.41, 5.74) is 13.8. The van der Waals surface area contributed by atoms with Crippen LogP contribution in [-0.4, -0.2) is 67.7 Å². The van der Waals surface area contributed by atoms with Gasteiger partial charge in [-0.2, -0.15) is 0 Å². The summed E-state index contributed by atoms with van der Waals surface area (Å²) in [5, 5.41) is 21.1. The van der Waals surface area contributed by atoms with Crippen molar-refractivity contribution in [3.63, 3.8) is 0 Å². The normalized spacial score (nSPS) is 27.7. The molecule has 8 atom stereocenters. The quantitative estimate of drug-likeness (QED) is 0.268. The first-order chi connectivity index (χ1) is 22.4. The van der Waals surface area contributed by atoms with Gasteiger partial charge in [-0.1, -0.05) is 13.8 Å². The molecule has 0 radical (unpaired) electrons. The zero-order valence-corrected chi connectivity index (χ0v) is 29.7. The molecule has 2 fully saturated rings. The van der Waals surface area contributed by atoms with E-state index in [1.165, 1.54) is 0 Å². The van der Waals surface area contributed by atoms with Crippen LogP contribution in [0.25, 0.3) is 0 Å². The highest BCUT2D eigenvalue weighted by Crippen LogP contribution is 2.41. The van der Waals surface area contributed by atoms with Crippen molar-refractivity contribution in [1.29, 1.82) is 0 Å². The average Bonchev–Trinajstić information content (AvgIpc) is 2.98. The number of nitrogens with two attached hydrogens (primary N) is 2. The molecule has 0 unspecified atom stereocenters. The maximum absolute atomic E-state index is 12.2. The molecule has 4 heterocycles. The van der Waals surface area contributed by atoms with E-state index >= 15 is 0 Å². The van der Waals surface area contributed by atoms with Gasteiger partial charge in [0.1, 0.15) is 11.2 Å². The van der Waals surface area contributed by atoms with E-state index in [0.717, 1.165) is 11.1 Å².